The van der Waals surface area contributed by atoms with Gasteiger partial charge in [-0.1, -0.05) is 134 Å². The van der Waals surface area contributed by atoms with Crippen LogP contribution in [0.1, 0.15) is 149 Å². The molecular weight excluding hydrogens is 552 g/mol. The second-order valence-corrected chi connectivity index (χ2v) is 12.3. The zero-order valence-corrected chi connectivity index (χ0v) is 28.4. The summed E-state index contributed by atoms with van der Waals surface area (Å²) in [4.78, 5) is 24.1. The third-order valence-corrected chi connectivity index (χ3v) is 7.36. The number of aliphatic hydroxyl groups is 2. The molecule has 44 heavy (non-hydrogen) atoms. The second kappa shape index (κ2) is 32.2. The number of allylic oxidation sites excluding steroid dienone is 7. The molecule has 0 aromatic rings. The molecule has 0 radical (unpaired) electrons. The summed E-state index contributed by atoms with van der Waals surface area (Å²) in [5.41, 5.74) is 0. The Hall–Kier alpha value is -2.18. The highest BCUT2D eigenvalue weighted by Gasteiger charge is 2.16. The molecule has 1 unspecified atom stereocenters. The molecule has 6 nitrogen and oxygen atoms in total. The summed E-state index contributed by atoms with van der Waals surface area (Å²) >= 11 is 0. The van der Waals surface area contributed by atoms with Gasteiger partial charge >= 0.3 is 11.9 Å². The number of unbranched alkanes of at least 4 members (excludes halogenated alkanes) is 9. The van der Waals surface area contributed by atoms with Crippen LogP contribution in [0.3, 0.4) is 0 Å². The van der Waals surface area contributed by atoms with Gasteiger partial charge in [-0.05, 0) is 57.3 Å². The van der Waals surface area contributed by atoms with Crippen LogP contribution < -0.4 is 0 Å². The fourth-order valence-corrected chi connectivity index (χ4v) is 4.69. The molecule has 0 fully saturated rings. The Morgan fingerprint density at radius 1 is 0.659 bits per heavy atom. The van der Waals surface area contributed by atoms with E-state index in [0.29, 0.717) is 19.3 Å². The summed E-state index contributed by atoms with van der Waals surface area (Å²) in [5, 5.41) is 19.2. The number of ether oxygens (including phenoxy) is 2. The van der Waals surface area contributed by atoms with Crippen LogP contribution in [0.2, 0.25) is 0 Å². The summed E-state index contributed by atoms with van der Waals surface area (Å²) < 4.78 is 10.5. The van der Waals surface area contributed by atoms with Crippen molar-refractivity contribution >= 4 is 11.9 Å². The first-order valence-electron chi connectivity index (χ1n) is 17.6. The van der Waals surface area contributed by atoms with Gasteiger partial charge in [0.1, 0.15) is 6.61 Å². The van der Waals surface area contributed by atoms with Gasteiger partial charge in [-0.3, -0.25) is 9.59 Å². The van der Waals surface area contributed by atoms with E-state index in [1.807, 2.05) is 0 Å². The maximum atomic E-state index is 12.1. The fraction of sp³-hybridized carbons (Fsp3) is 0.737. The first kappa shape index (κ1) is 41.8. The number of carbonyl (C=O) groups excluding carboxylic acids is 2. The average Bonchev–Trinajstić information content (AvgIpc) is 2.99. The van der Waals surface area contributed by atoms with Crippen LogP contribution in [0, 0.1) is 5.92 Å². The number of rotatable bonds is 30. The Balaban J connectivity index is 3.73. The molecule has 0 aromatic heterocycles. The minimum absolute atomic E-state index is 0.105. The van der Waals surface area contributed by atoms with Gasteiger partial charge in [0.2, 0.25) is 0 Å². The Morgan fingerprint density at radius 2 is 1.18 bits per heavy atom. The molecule has 0 spiro atoms. The van der Waals surface area contributed by atoms with Gasteiger partial charge < -0.3 is 19.7 Å². The van der Waals surface area contributed by atoms with E-state index in [1.165, 1.54) is 44.9 Å². The summed E-state index contributed by atoms with van der Waals surface area (Å²) in [7, 11) is 0. The topological polar surface area (TPSA) is 93.1 Å². The predicted octanol–water partition coefficient (Wildman–Crippen LogP) is 9.50. The minimum Gasteiger partial charge on any atom is -0.462 e. The first-order valence-corrected chi connectivity index (χ1v) is 17.6. The third kappa shape index (κ3) is 31.3. The Kier molecular flexibility index (Phi) is 30.6. The second-order valence-electron chi connectivity index (χ2n) is 12.3. The van der Waals surface area contributed by atoms with Crippen molar-refractivity contribution in [2.24, 2.45) is 5.92 Å². The van der Waals surface area contributed by atoms with Crippen LogP contribution in [0.15, 0.2) is 48.6 Å². The lowest BCUT2D eigenvalue weighted by molar-refractivity contribution is -0.161. The van der Waals surface area contributed by atoms with Crippen molar-refractivity contribution < 1.29 is 29.3 Å². The summed E-state index contributed by atoms with van der Waals surface area (Å²) in [6, 6.07) is 0. The fourth-order valence-electron chi connectivity index (χ4n) is 4.69. The molecule has 0 amide bonds. The molecule has 254 valence electrons. The highest BCUT2D eigenvalue weighted by atomic mass is 16.6. The third-order valence-electron chi connectivity index (χ3n) is 7.36. The number of hydrogen-bond donors (Lipinski definition) is 2. The largest absolute Gasteiger partial charge is 0.462 e. The van der Waals surface area contributed by atoms with Gasteiger partial charge in [0.15, 0.2) is 6.10 Å². The zero-order chi connectivity index (χ0) is 32.5. The van der Waals surface area contributed by atoms with Crippen LogP contribution in [-0.4, -0.2) is 47.6 Å². The van der Waals surface area contributed by atoms with Crippen molar-refractivity contribution in [1.82, 2.24) is 0 Å². The van der Waals surface area contributed by atoms with E-state index in [0.717, 1.165) is 70.1 Å². The molecule has 0 saturated heterocycles. The first-order chi connectivity index (χ1) is 21.4. The van der Waals surface area contributed by atoms with E-state index < -0.39 is 6.10 Å². The van der Waals surface area contributed by atoms with Gasteiger partial charge in [-0.15, -0.1) is 0 Å². The van der Waals surface area contributed by atoms with Crippen molar-refractivity contribution in [3.8, 4) is 0 Å². The van der Waals surface area contributed by atoms with Crippen molar-refractivity contribution in [1.29, 1.82) is 0 Å². The number of carbonyl (C=O) groups is 2. The van der Waals surface area contributed by atoms with E-state index in [-0.39, 0.29) is 31.3 Å². The van der Waals surface area contributed by atoms with E-state index in [9.17, 15) is 19.8 Å². The predicted molar refractivity (Wildman–Crippen MR) is 183 cm³/mol. The molecule has 0 aromatic carbocycles. The molecule has 0 aliphatic heterocycles. The normalized spacial score (nSPS) is 13.6. The van der Waals surface area contributed by atoms with Crippen LogP contribution >= 0.6 is 0 Å². The molecule has 0 aliphatic carbocycles. The molecule has 2 N–H and O–H groups in total. The molecule has 0 heterocycles. The smallest absolute Gasteiger partial charge is 0.306 e. The zero-order valence-electron chi connectivity index (χ0n) is 28.4. The average molecular weight is 619 g/mol. The lowest BCUT2D eigenvalue weighted by atomic mass is 10.0. The SMILES string of the molecule is CCCC(O)C/C=C\C/C=C\C/C=C\C/C=C\CCCC(=O)OC[C@H](CO)OC(=O)CCCCCCCCCCCC(C)C. The maximum absolute atomic E-state index is 12.1. The number of hydrogen-bond acceptors (Lipinski definition) is 6. The Labute approximate surface area is 270 Å². The van der Waals surface area contributed by atoms with Crippen LogP contribution in [0.5, 0.6) is 0 Å². The molecular formula is C38H66O6. The Bertz CT molecular complexity index is 782. The van der Waals surface area contributed by atoms with Gasteiger partial charge in [0, 0.05) is 12.8 Å². The number of aliphatic hydroxyl groups excluding tert-OH is 2. The number of esters is 2. The van der Waals surface area contributed by atoms with E-state index in [1.54, 1.807) is 0 Å². The lowest BCUT2D eigenvalue weighted by Gasteiger charge is -2.15. The van der Waals surface area contributed by atoms with E-state index in [2.05, 4.69) is 69.4 Å². The minimum atomic E-state index is -0.801. The lowest BCUT2D eigenvalue weighted by Crippen LogP contribution is -2.28. The van der Waals surface area contributed by atoms with Crippen LogP contribution in [0.4, 0.5) is 0 Å². The molecule has 6 heteroatoms. The van der Waals surface area contributed by atoms with Gasteiger partial charge in [0.05, 0.1) is 12.7 Å². The summed E-state index contributed by atoms with van der Waals surface area (Å²) in [6.07, 6.45) is 35.2. The van der Waals surface area contributed by atoms with Crippen molar-refractivity contribution in [2.45, 2.75) is 161 Å². The van der Waals surface area contributed by atoms with E-state index >= 15 is 0 Å². The molecule has 0 saturated carbocycles. The quantitative estimate of drug-likeness (QED) is 0.0473. The van der Waals surface area contributed by atoms with Gasteiger partial charge in [0.25, 0.3) is 0 Å². The molecule has 0 bridgehead atoms. The highest BCUT2D eigenvalue weighted by molar-refractivity contribution is 5.70. The Morgan fingerprint density at radius 3 is 1.75 bits per heavy atom. The van der Waals surface area contributed by atoms with Gasteiger partial charge in [-0.2, -0.15) is 0 Å². The van der Waals surface area contributed by atoms with E-state index in [4.69, 9.17) is 9.47 Å². The standard InChI is InChI=1S/C38H66O6/c1-4-27-35(40)29-24-20-16-12-8-6-5-7-9-13-17-21-25-30-37(41)43-33-36(32-39)44-38(42)31-26-22-18-14-10-11-15-19-23-28-34(2)3/h5,7-8,12-13,17,20,24,34-36,39-40H,4,6,9-11,14-16,18-19,21-23,25-33H2,1-3H3/b7-5-,12-8-,17-13-,24-20-/t35?,36-/m0/s1. The van der Waals surface area contributed by atoms with Crippen molar-refractivity contribution in [3.05, 3.63) is 48.6 Å². The maximum Gasteiger partial charge on any atom is 0.306 e. The monoisotopic (exact) mass is 618 g/mol. The van der Waals surface area contributed by atoms with Crippen molar-refractivity contribution in [3.63, 3.8) is 0 Å². The van der Waals surface area contributed by atoms with Crippen molar-refractivity contribution in [2.75, 3.05) is 13.2 Å². The highest BCUT2D eigenvalue weighted by Crippen LogP contribution is 2.14. The van der Waals surface area contributed by atoms with Crippen LogP contribution in [0.25, 0.3) is 0 Å². The summed E-state index contributed by atoms with van der Waals surface area (Å²) in [5.74, 6) is 0.126. The summed E-state index contributed by atoms with van der Waals surface area (Å²) in [6.45, 7) is 6.18. The molecule has 2 atom stereocenters. The van der Waals surface area contributed by atoms with Gasteiger partial charge in [-0.25, -0.2) is 0 Å². The molecule has 0 aliphatic rings. The molecule has 0 rings (SSSR count). The van der Waals surface area contributed by atoms with Crippen LogP contribution in [-0.2, 0) is 19.1 Å².